The molecule has 1 atom stereocenters. The van der Waals surface area contributed by atoms with Crippen LogP contribution in [0.25, 0.3) is 0 Å². The Morgan fingerprint density at radius 3 is 2.39 bits per heavy atom. The van der Waals surface area contributed by atoms with Crippen molar-refractivity contribution in [3.05, 3.63) is 33.4 Å². The summed E-state index contributed by atoms with van der Waals surface area (Å²) in [5.41, 5.74) is 0.389. The van der Waals surface area contributed by atoms with Gasteiger partial charge in [-0.15, -0.1) is 0 Å². The molecule has 0 saturated heterocycles. The Kier molecular flexibility index (Phi) is 5.07. The molecule has 0 aromatic heterocycles. The van der Waals surface area contributed by atoms with Crippen LogP contribution in [0, 0.1) is 9.49 Å². The molecule has 1 aliphatic carbocycles. The number of halogens is 1. The largest absolute Gasteiger partial charge is 0.385 e. The molecular weight excluding hydrogens is 335 g/mol. The van der Waals surface area contributed by atoms with E-state index in [9.17, 15) is 5.11 Å². The maximum atomic E-state index is 10.6. The second kappa shape index (κ2) is 6.38. The quantitative estimate of drug-likeness (QED) is 0.763. The van der Waals surface area contributed by atoms with Crippen molar-refractivity contribution in [2.24, 2.45) is 5.92 Å². The van der Waals surface area contributed by atoms with Gasteiger partial charge >= 0.3 is 0 Å². The average Bonchev–Trinajstić information content (AvgIpc) is 2.38. The van der Waals surface area contributed by atoms with E-state index < -0.39 is 5.60 Å². The molecule has 1 aromatic rings. The zero-order chi connectivity index (χ0) is 13.0. The highest BCUT2D eigenvalue weighted by Crippen LogP contribution is 2.33. The molecule has 1 N–H and O–H groups in total. The summed E-state index contributed by atoms with van der Waals surface area (Å²) in [6.45, 7) is 1.96. The molecule has 1 saturated carbocycles. The van der Waals surface area contributed by atoms with Crippen molar-refractivity contribution < 1.29 is 5.11 Å². The van der Waals surface area contributed by atoms with Crippen LogP contribution in [0.1, 0.15) is 57.4 Å². The number of benzene rings is 1. The Hall–Kier alpha value is -0.0900. The minimum atomic E-state index is -0.665. The lowest BCUT2D eigenvalue weighted by atomic mass is 9.81. The van der Waals surface area contributed by atoms with E-state index in [1.54, 1.807) is 0 Å². The fraction of sp³-hybridized carbons (Fsp3) is 0.625. The summed E-state index contributed by atoms with van der Waals surface area (Å²) in [7, 11) is 0. The van der Waals surface area contributed by atoms with Gasteiger partial charge in [0.2, 0.25) is 0 Å². The SMILES string of the molecule is CC(O)(CCC1CCCCC1)c1ccc(I)cc1. The van der Waals surface area contributed by atoms with Crippen molar-refractivity contribution in [2.45, 2.75) is 57.5 Å². The van der Waals surface area contributed by atoms with Crippen LogP contribution in [-0.2, 0) is 5.60 Å². The third-order valence-corrected chi connectivity index (χ3v) is 4.95. The monoisotopic (exact) mass is 358 g/mol. The van der Waals surface area contributed by atoms with Crippen LogP contribution in [-0.4, -0.2) is 5.11 Å². The standard InChI is InChI=1S/C16H23IO/c1-16(18,14-7-9-15(17)10-8-14)12-11-13-5-3-2-4-6-13/h7-10,13,18H,2-6,11-12H2,1H3. The molecule has 1 aromatic carbocycles. The van der Waals surface area contributed by atoms with Gasteiger partial charge in [-0.25, -0.2) is 0 Å². The minimum absolute atomic E-state index is 0.665. The maximum Gasteiger partial charge on any atom is 0.0868 e. The molecule has 1 aliphatic rings. The summed E-state index contributed by atoms with van der Waals surface area (Å²) in [4.78, 5) is 0. The first-order valence-electron chi connectivity index (χ1n) is 7.06. The first-order valence-corrected chi connectivity index (χ1v) is 8.14. The van der Waals surface area contributed by atoms with Gasteiger partial charge in [-0.1, -0.05) is 44.2 Å². The van der Waals surface area contributed by atoms with Gasteiger partial charge in [0.1, 0.15) is 0 Å². The van der Waals surface area contributed by atoms with Crippen molar-refractivity contribution in [1.82, 2.24) is 0 Å². The fourth-order valence-electron chi connectivity index (χ4n) is 2.91. The van der Waals surface area contributed by atoms with Crippen molar-refractivity contribution >= 4 is 22.6 Å². The molecule has 18 heavy (non-hydrogen) atoms. The van der Waals surface area contributed by atoms with Gasteiger partial charge in [0.15, 0.2) is 0 Å². The summed E-state index contributed by atoms with van der Waals surface area (Å²) < 4.78 is 1.22. The summed E-state index contributed by atoms with van der Waals surface area (Å²) in [5, 5.41) is 10.6. The van der Waals surface area contributed by atoms with E-state index in [-0.39, 0.29) is 0 Å². The van der Waals surface area contributed by atoms with Gasteiger partial charge < -0.3 is 5.11 Å². The predicted molar refractivity (Wildman–Crippen MR) is 84.5 cm³/mol. The summed E-state index contributed by atoms with van der Waals surface area (Å²) >= 11 is 2.30. The third-order valence-electron chi connectivity index (χ3n) is 4.23. The molecule has 0 spiro atoms. The molecule has 2 rings (SSSR count). The van der Waals surface area contributed by atoms with E-state index in [1.807, 2.05) is 6.92 Å². The van der Waals surface area contributed by atoms with E-state index in [1.165, 1.54) is 42.1 Å². The summed E-state index contributed by atoms with van der Waals surface area (Å²) in [6, 6.07) is 8.27. The highest BCUT2D eigenvalue weighted by Gasteiger charge is 2.25. The van der Waals surface area contributed by atoms with Crippen LogP contribution < -0.4 is 0 Å². The lowest BCUT2D eigenvalue weighted by Crippen LogP contribution is -2.22. The lowest BCUT2D eigenvalue weighted by Gasteiger charge is -2.28. The Morgan fingerprint density at radius 1 is 1.17 bits per heavy atom. The van der Waals surface area contributed by atoms with E-state index in [2.05, 4.69) is 46.9 Å². The van der Waals surface area contributed by atoms with E-state index in [4.69, 9.17) is 0 Å². The van der Waals surface area contributed by atoms with Crippen LogP contribution in [0.4, 0.5) is 0 Å². The lowest BCUT2D eigenvalue weighted by molar-refractivity contribution is 0.0387. The van der Waals surface area contributed by atoms with Crippen LogP contribution >= 0.6 is 22.6 Å². The van der Waals surface area contributed by atoms with Crippen LogP contribution in [0.5, 0.6) is 0 Å². The van der Waals surface area contributed by atoms with Crippen LogP contribution in [0.3, 0.4) is 0 Å². The molecule has 0 heterocycles. The Balaban J connectivity index is 1.91. The number of rotatable bonds is 4. The smallest absolute Gasteiger partial charge is 0.0868 e. The third kappa shape index (κ3) is 3.95. The predicted octanol–water partition coefficient (Wildman–Crippen LogP) is 4.86. The zero-order valence-corrected chi connectivity index (χ0v) is 13.3. The maximum absolute atomic E-state index is 10.6. The highest BCUT2D eigenvalue weighted by atomic mass is 127. The van der Waals surface area contributed by atoms with Crippen molar-refractivity contribution in [3.63, 3.8) is 0 Å². The van der Waals surface area contributed by atoms with Gasteiger partial charge in [0.25, 0.3) is 0 Å². The molecular formula is C16H23IO. The topological polar surface area (TPSA) is 20.2 Å². The Labute approximate surface area is 124 Å². The van der Waals surface area contributed by atoms with E-state index in [0.717, 1.165) is 17.9 Å². The Morgan fingerprint density at radius 2 is 1.78 bits per heavy atom. The molecule has 100 valence electrons. The van der Waals surface area contributed by atoms with Gasteiger partial charge in [-0.05, 0) is 66.0 Å². The van der Waals surface area contributed by atoms with Crippen molar-refractivity contribution in [2.75, 3.05) is 0 Å². The number of hydrogen-bond acceptors (Lipinski definition) is 1. The molecule has 1 fully saturated rings. The molecule has 0 radical (unpaired) electrons. The van der Waals surface area contributed by atoms with E-state index >= 15 is 0 Å². The molecule has 0 bridgehead atoms. The second-order valence-electron chi connectivity index (χ2n) is 5.82. The summed E-state index contributed by atoms with van der Waals surface area (Å²) in [6.07, 6.45) is 8.96. The number of aliphatic hydroxyl groups is 1. The molecule has 0 aliphatic heterocycles. The van der Waals surface area contributed by atoms with E-state index in [0.29, 0.717) is 0 Å². The average molecular weight is 358 g/mol. The van der Waals surface area contributed by atoms with Crippen LogP contribution in [0.15, 0.2) is 24.3 Å². The number of hydrogen-bond donors (Lipinski definition) is 1. The highest BCUT2D eigenvalue weighted by molar-refractivity contribution is 14.1. The minimum Gasteiger partial charge on any atom is -0.385 e. The fourth-order valence-corrected chi connectivity index (χ4v) is 3.27. The van der Waals surface area contributed by atoms with Gasteiger partial charge in [0.05, 0.1) is 5.60 Å². The van der Waals surface area contributed by atoms with Crippen molar-refractivity contribution in [3.8, 4) is 0 Å². The summed E-state index contributed by atoms with van der Waals surface area (Å²) in [5.74, 6) is 0.842. The Bertz CT molecular complexity index is 363. The van der Waals surface area contributed by atoms with Gasteiger partial charge in [-0.3, -0.25) is 0 Å². The first kappa shape index (κ1) is 14.3. The van der Waals surface area contributed by atoms with Gasteiger partial charge in [-0.2, -0.15) is 0 Å². The molecule has 1 nitrogen and oxygen atoms in total. The zero-order valence-electron chi connectivity index (χ0n) is 11.2. The van der Waals surface area contributed by atoms with Crippen LogP contribution in [0.2, 0.25) is 0 Å². The van der Waals surface area contributed by atoms with Crippen molar-refractivity contribution in [1.29, 1.82) is 0 Å². The first-order chi connectivity index (χ1) is 8.58. The second-order valence-corrected chi connectivity index (χ2v) is 7.07. The molecule has 0 amide bonds. The normalized spacial score (nSPS) is 20.6. The molecule has 1 unspecified atom stereocenters. The van der Waals surface area contributed by atoms with Gasteiger partial charge in [0, 0.05) is 3.57 Å². The molecule has 2 heteroatoms.